The molecular weight excluding hydrogens is 414 g/mol. The fourth-order valence-electron chi connectivity index (χ4n) is 2.69. The molecule has 1 amide bonds. The van der Waals surface area contributed by atoms with Crippen LogP contribution >= 0.6 is 35.3 Å². The lowest BCUT2D eigenvalue weighted by Crippen LogP contribution is -2.14. The molecule has 0 unspecified atom stereocenters. The van der Waals surface area contributed by atoms with Crippen LogP contribution in [-0.2, 0) is 16.3 Å². The molecule has 0 bridgehead atoms. The molecule has 0 fully saturated rings. The van der Waals surface area contributed by atoms with Crippen LogP contribution in [0.25, 0.3) is 0 Å². The second kappa shape index (κ2) is 12.7. The van der Waals surface area contributed by atoms with Gasteiger partial charge in [0, 0.05) is 27.9 Å². The molecule has 0 spiro atoms. The van der Waals surface area contributed by atoms with Gasteiger partial charge in [-0.25, -0.2) is 0 Å². The van der Waals surface area contributed by atoms with Gasteiger partial charge >= 0.3 is 0 Å². The fraction of sp³-hybridized carbons (Fsp3) is 0.208. The molecule has 2 nitrogen and oxygen atoms in total. The third-order valence-corrected chi connectivity index (χ3v) is 7.47. The summed E-state index contributed by atoms with van der Waals surface area (Å²) in [4.78, 5) is 13.5. The predicted molar refractivity (Wildman–Crippen MR) is 131 cm³/mol. The van der Waals surface area contributed by atoms with E-state index in [0.29, 0.717) is 5.75 Å². The maximum atomic E-state index is 12.3. The largest absolute Gasteiger partial charge is 0.324 e. The van der Waals surface area contributed by atoms with E-state index < -0.39 is 0 Å². The molecule has 3 aromatic carbocycles. The first-order valence-corrected chi connectivity index (χ1v) is 12.9. The number of nitrogens with one attached hydrogen (secondary N) is 1. The Morgan fingerprint density at radius 2 is 1.28 bits per heavy atom. The van der Waals surface area contributed by atoms with Crippen molar-refractivity contribution in [3.05, 3.63) is 96.1 Å². The van der Waals surface area contributed by atoms with E-state index in [1.54, 1.807) is 23.5 Å². The number of carbonyl (C=O) groups is 1. The SMILES string of the molecule is O=C(CSCc1ccccc1)Nc1ccccc1SCCSCc1ccccc1. The third-order valence-electron chi connectivity index (χ3n) is 4.10. The Balaban J connectivity index is 1.39. The molecule has 0 radical (unpaired) electrons. The Kier molecular flexibility index (Phi) is 9.57. The van der Waals surface area contributed by atoms with Crippen LogP contribution in [0.5, 0.6) is 0 Å². The van der Waals surface area contributed by atoms with Gasteiger partial charge in [-0.1, -0.05) is 72.8 Å². The van der Waals surface area contributed by atoms with E-state index in [2.05, 4.69) is 53.8 Å². The Morgan fingerprint density at radius 1 is 0.690 bits per heavy atom. The van der Waals surface area contributed by atoms with Gasteiger partial charge in [0.15, 0.2) is 0 Å². The first-order chi connectivity index (χ1) is 14.3. The highest BCUT2D eigenvalue weighted by molar-refractivity contribution is 8.02. The molecule has 29 heavy (non-hydrogen) atoms. The van der Waals surface area contributed by atoms with Crippen LogP contribution in [0.2, 0.25) is 0 Å². The maximum absolute atomic E-state index is 12.3. The van der Waals surface area contributed by atoms with Crippen LogP contribution < -0.4 is 5.32 Å². The fourth-order valence-corrected chi connectivity index (χ4v) is 5.53. The highest BCUT2D eigenvalue weighted by Crippen LogP contribution is 2.28. The number of amides is 1. The van der Waals surface area contributed by atoms with Crippen molar-refractivity contribution in [1.82, 2.24) is 0 Å². The van der Waals surface area contributed by atoms with E-state index in [4.69, 9.17) is 0 Å². The number of benzene rings is 3. The summed E-state index contributed by atoms with van der Waals surface area (Å²) < 4.78 is 0. The summed E-state index contributed by atoms with van der Waals surface area (Å²) in [6.45, 7) is 0. The number of carbonyl (C=O) groups excluding carboxylic acids is 1. The Hall–Kier alpha value is -1.82. The zero-order valence-electron chi connectivity index (χ0n) is 16.3. The summed E-state index contributed by atoms with van der Waals surface area (Å²) >= 11 is 5.39. The number of anilines is 1. The van der Waals surface area contributed by atoms with Gasteiger partial charge in [0.05, 0.1) is 11.4 Å². The summed E-state index contributed by atoms with van der Waals surface area (Å²) in [5.41, 5.74) is 3.52. The summed E-state index contributed by atoms with van der Waals surface area (Å²) in [5.74, 6) is 4.50. The number of thioether (sulfide) groups is 3. The number of hydrogen-bond donors (Lipinski definition) is 1. The van der Waals surface area contributed by atoms with Crippen molar-refractivity contribution in [2.45, 2.75) is 16.4 Å². The average Bonchev–Trinajstić information content (AvgIpc) is 2.76. The zero-order valence-corrected chi connectivity index (χ0v) is 18.7. The molecule has 3 aromatic rings. The molecule has 0 aliphatic heterocycles. The molecule has 150 valence electrons. The molecule has 0 atom stereocenters. The van der Waals surface area contributed by atoms with Crippen LogP contribution in [-0.4, -0.2) is 23.2 Å². The van der Waals surface area contributed by atoms with Crippen LogP contribution in [0.3, 0.4) is 0 Å². The zero-order chi connectivity index (χ0) is 20.2. The van der Waals surface area contributed by atoms with Crippen LogP contribution in [0, 0.1) is 0 Å². The highest BCUT2D eigenvalue weighted by Gasteiger charge is 2.07. The Morgan fingerprint density at radius 3 is 1.97 bits per heavy atom. The van der Waals surface area contributed by atoms with Gasteiger partial charge in [-0.3, -0.25) is 4.79 Å². The van der Waals surface area contributed by atoms with E-state index in [0.717, 1.165) is 33.6 Å². The van der Waals surface area contributed by atoms with Gasteiger partial charge in [0.1, 0.15) is 0 Å². The predicted octanol–water partition coefficient (Wildman–Crippen LogP) is 6.58. The summed E-state index contributed by atoms with van der Waals surface area (Å²) in [6.07, 6.45) is 0. The minimum Gasteiger partial charge on any atom is -0.324 e. The average molecular weight is 440 g/mol. The van der Waals surface area contributed by atoms with E-state index in [9.17, 15) is 4.79 Å². The van der Waals surface area contributed by atoms with Crippen molar-refractivity contribution >= 4 is 46.9 Å². The van der Waals surface area contributed by atoms with Crippen LogP contribution in [0.1, 0.15) is 11.1 Å². The van der Waals surface area contributed by atoms with Gasteiger partial charge in [0.2, 0.25) is 5.91 Å². The number of rotatable bonds is 11. The van der Waals surface area contributed by atoms with Gasteiger partial charge in [-0.05, 0) is 23.3 Å². The molecule has 3 rings (SSSR count). The molecule has 0 heterocycles. The standard InChI is InChI=1S/C24H25NOS3/c26-24(19-28-18-21-11-5-2-6-12-21)25-22-13-7-8-14-23(22)29-16-15-27-17-20-9-3-1-4-10-20/h1-14H,15-19H2,(H,25,26). The topological polar surface area (TPSA) is 29.1 Å². The number of para-hydroxylation sites is 1. The molecule has 5 heteroatoms. The maximum Gasteiger partial charge on any atom is 0.234 e. The van der Waals surface area contributed by atoms with Crippen molar-refractivity contribution in [3.8, 4) is 0 Å². The Bertz CT molecular complexity index is 872. The second-order valence-corrected chi connectivity index (χ2v) is 9.64. The van der Waals surface area contributed by atoms with Crippen molar-refractivity contribution in [3.63, 3.8) is 0 Å². The van der Waals surface area contributed by atoms with Crippen LogP contribution in [0.4, 0.5) is 5.69 Å². The van der Waals surface area contributed by atoms with Crippen molar-refractivity contribution in [2.75, 3.05) is 22.6 Å². The van der Waals surface area contributed by atoms with Gasteiger partial charge in [-0.2, -0.15) is 11.8 Å². The van der Waals surface area contributed by atoms with Gasteiger partial charge in [-0.15, -0.1) is 23.5 Å². The van der Waals surface area contributed by atoms with Crippen molar-refractivity contribution in [2.24, 2.45) is 0 Å². The minimum absolute atomic E-state index is 0.0532. The van der Waals surface area contributed by atoms with Crippen molar-refractivity contribution < 1.29 is 4.79 Å². The monoisotopic (exact) mass is 439 g/mol. The smallest absolute Gasteiger partial charge is 0.234 e. The molecular formula is C24H25NOS3. The lowest BCUT2D eigenvalue weighted by atomic mass is 10.2. The van der Waals surface area contributed by atoms with Gasteiger partial charge in [0.25, 0.3) is 0 Å². The molecule has 0 aliphatic rings. The summed E-state index contributed by atoms with van der Waals surface area (Å²) in [7, 11) is 0. The lowest BCUT2D eigenvalue weighted by Gasteiger charge is -2.11. The normalized spacial score (nSPS) is 10.6. The molecule has 0 aromatic heterocycles. The molecule has 1 N–H and O–H groups in total. The summed E-state index contributed by atoms with van der Waals surface area (Å²) in [5, 5.41) is 3.08. The summed E-state index contributed by atoms with van der Waals surface area (Å²) in [6, 6.07) is 28.9. The lowest BCUT2D eigenvalue weighted by molar-refractivity contribution is -0.113. The van der Waals surface area contributed by atoms with Crippen molar-refractivity contribution in [1.29, 1.82) is 0 Å². The Labute approximate surface area is 186 Å². The van der Waals surface area contributed by atoms with E-state index in [1.807, 2.05) is 48.2 Å². The minimum atomic E-state index is 0.0532. The van der Waals surface area contributed by atoms with E-state index in [-0.39, 0.29) is 5.91 Å². The molecule has 0 saturated carbocycles. The van der Waals surface area contributed by atoms with Gasteiger partial charge < -0.3 is 5.32 Å². The van der Waals surface area contributed by atoms with E-state index in [1.165, 1.54) is 11.1 Å². The highest BCUT2D eigenvalue weighted by atomic mass is 32.2. The second-order valence-electron chi connectivity index (χ2n) is 6.41. The number of hydrogen-bond acceptors (Lipinski definition) is 4. The first-order valence-electron chi connectivity index (χ1n) is 9.56. The first kappa shape index (κ1) is 21.9. The molecule has 0 aliphatic carbocycles. The molecule has 0 saturated heterocycles. The van der Waals surface area contributed by atoms with Crippen LogP contribution in [0.15, 0.2) is 89.8 Å². The third kappa shape index (κ3) is 8.21. The quantitative estimate of drug-likeness (QED) is 0.270. The van der Waals surface area contributed by atoms with E-state index >= 15 is 0 Å².